The Morgan fingerprint density at radius 1 is 1.00 bits per heavy atom. The number of fused-ring (bicyclic) bond motifs is 1. The van der Waals surface area contributed by atoms with E-state index in [1.54, 1.807) is 6.07 Å². The zero-order chi connectivity index (χ0) is 12.6. The van der Waals surface area contributed by atoms with Crippen LogP contribution in [0, 0.1) is 0 Å². The van der Waals surface area contributed by atoms with Crippen LogP contribution in [0.4, 0.5) is 13.2 Å². The molecule has 2 nitrogen and oxygen atoms in total. The van der Waals surface area contributed by atoms with Gasteiger partial charge in [-0.2, -0.15) is 13.2 Å². The van der Waals surface area contributed by atoms with Crippen molar-refractivity contribution in [3.8, 4) is 0 Å². The Labute approximate surface area is 95.5 Å². The predicted molar refractivity (Wildman–Crippen MR) is 58.8 cm³/mol. The van der Waals surface area contributed by atoms with Gasteiger partial charge in [-0.3, -0.25) is 0 Å². The topological polar surface area (TPSA) is 40.5 Å². The molecule has 0 aliphatic carbocycles. The third-order valence-corrected chi connectivity index (χ3v) is 2.49. The molecule has 2 aromatic rings. The number of alkyl halides is 3. The van der Waals surface area contributed by atoms with E-state index in [0.29, 0.717) is 5.39 Å². The summed E-state index contributed by atoms with van der Waals surface area (Å²) in [6.07, 6.45) is -4.52. The molecule has 17 heavy (non-hydrogen) atoms. The molecule has 0 radical (unpaired) electrons. The van der Waals surface area contributed by atoms with Gasteiger partial charge in [0.1, 0.15) is 0 Å². The minimum Gasteiger partial charge on any atom is -0.423 e. The van der Waals surface area contributed by atoms with Gasteiger partial charge in [0.25, 0.3) is 0 Å². The zero-order valence-electron chi connectivity index (χ0n) is 8.57. The molecule has 6 heteroatoms. The third-order valence-electron chi connectivity index (χ3n) is 2.49. The molecule has 0 saturated carbocycles. The van der Waals surface area contributed by atoms with E-state index in [-0.39, 0.29) is 10.8 Å². The SMILES string of the molecule is OB(O)c1cc(C(F)(F)F)c2ccccc2c1. The maximum Gasteiger partial charge on any atom is 0.488 e. The first-order chi connectivity index (χ1) is 7.89. The molecule has 0 fully saturated rings. The summed E-state index contributed by atoms with van der Waals surface area (Å²) >= 11 is 0. The summed E-state index contributed by atoms with van der Waals surface area (Å²) in [5.74, 6) is 0. The first-order valence-electron chi connectivity index (χ1n) is 4.85. The highest BCUT2D eigenvalue weighted by Gasteiger charge is 2.33. The van der Waals surface area contributed by atoms with Crippen molar-refractivity contribution in [2.75, 3.05) is 0 Å². The maximum absolute atomic E-state index is 12.8. The molecule has 2 N–H and O–H groups in total. The molecule has 0 saturated heterocycles. The summed E-state index contributed by atoms with van der Waals surface area (Å²) < 4.78 is 38.4. The van der Waals surface area contributed by atoms with Crippen molar-refractivity contribution in [3.63, 3.8) is 0 Å². The number of benzene rings is 2. The number of hydrogen-bond donors (Lipinski definition) is 2. The molecule has 2 rings (SSSR count). The molecule has 0 aliphatic heterocycles. The monoisotopic (exact) mass is 240 g/mol. The molecule has 0 unspecified atom stereocenters. The van der Waals surface area contributed by atoms with Crippen LogP contribution in [-0.2, 0) is 6.18 Å². The van der Waals surface area contributed by atoms with E-state index in [9.17, 15) is 13.2 Å². The smallest absolute Gasteiger partial charge is 0.423 e. The second-order valence-electron chi connectivity index (χ2n) is 3.66. The van der Waals surface area contributed by atoms with E-state index in [1.165, 1.54) is 24.3 Å². The molecular formula is C11H8BF3O2. The molecule has 0 bridgehead atoms. The molecule has 0 amide bonds. The van der Waals surface area contributed by atoms with Gasteiger partial charge >= 0.3 is 13.3 Å². The van der Waals surface area contributed by atoms with Crippen molar-refractivity contribution in [1.82, 2.24) is 0 Å². The highest BCUT2D eigenvalue weighted by Crippen LogP contribution is 2.34. The minimum atomic E-state index is -4.52. The van der Waals surface area contributed by atoms with Crippen LogP contribution in [0.25, 0.3) is 10.8 Å². The van der Waals surface area contributed by atoms with Gasteiger partial charge in [0.2, 0.25) is 0 Å². The fraction of sp³-hybridized carbons (Fsp3) is 0.0909. The van der Waals surface area contributed by atoms with Crippen molar-refractivity contribution in [3.05, 3.63) is 42.0 Å². The Kier molecular flexibility index (Phi) is 2.85. The van der Waals surface area contributed by atoms with Crippen LogP contribution in [0.1, 0.15) is 5.56 Å². The Morgan fingerprint density at radius 3 is 2.24 bits per heavy atom. The van der Waals surface area contributed by atoms with Crippen molar-refractivity contribution in [2.45, 2.75) is 6.18 Å². The quantitative estimate of drug-likeness (QED) is 0.742. The van der Waals surface area contributed by atoms with Crippen LogP contribution in [0.5, 0.6) is 0 Å². The van der Waals surface area contributed by atoms with Crippen LogP contribution in [0.3, 0.4) is 0 Å². The third kappa shape index (κ3) is 2.27. The van der Waals surface area contributed by atoms with Gasteiger partial charge in [-0.15, -0.1) is 0 Å². The average molecular weight is 240 g/mol. The number of rotatable bonds is 1. The highest BCUT2D eigenvalue weighted by atomic mass is 19.4. The van der Waals surface area contributed by atoms with E-state index < -0.39 is 18.9 Å². The van der Waals surface area contributed by atoms with Crippen LogP contribution < -0.4 is 5.46 Å². The number of hydrogen-bond acceptors (Lipinski definition) is 2. The first-order valence-corrected chi connectivity index (χ1v) is 4.85. The number of halogens is 3. The highest BCUT2D eigenvalue weighted by molar-refractivity contribution is 6.59. The fourth-order valence-electron chi connectivity index (χ4n) is 1.72. The van der Waals surface area contributed by atoms with Crippen LogP contribution in [0.2, 0.25) is 0 Å². The van der Waals surface area contributed by atoms with Gasteiger partial charge in [-0.05, 0) is 22.3 Å². The molecule has 0 heterocycles. The lowest BCUT2D eigenvalue weighted by molar-refractivity contribution is -0.136. The van der Waals surface area contributed by atoms with Gasteiger partial charge < -0.3 is 10.0 Å². The summed E-state index contributed by atoms with van der Waals surface area (Å²) in [6, 6.07) is 8.03. The van der Waals surface area contributed by atoms with Gasteiger partial charge in [0, 0.05) is 0 Å². The van der Waals surface area contributed by atoms with E-state index >= 15 is 0 Å². The Hall–Kier alpha value is -1.53. The van der Waals surface area contributed by atoms with Crippen LogP contribution >= 0.6 is 0 Å². The van der Waals surface area contributed by atoms with Gasteiger partial charge in [0.15, 0.2) is 0 Å². The standard InChI is InChI=1S/C11H8BF3O2/c13-11(14,15)10-6-8(12(16)17)5-7-3-1-2-4-9(7)10/h1-6,16-17H. The predicted octanol–water partition coefficient (Wildman–Crippen LogP) is 1.54. The van der Waals surface area contributed by atoms with Crippen LogP contribution in [-0.4, -0.2) is 17.2 Å². The first kappa shape index (κ1) is 11.9. The molecule has 2 aromatic carbocycles. The summed E-state index contributed by atoms with van der Waals surface area (Å²) in [6.45, 7) is 0. The molecule has 0 spiro atoms. The molecule has 88 valence electrons. The van der Waals surface area contributed by atoms with Crippen molar-refractivity contribution < 1.29 is 23.2 Å². The lowest BCUT2D eigenvalue weighted by atomic mass is 9.78. The normalized spacial score (nSPS) is 11.8. The van der Waals surface area contributed by atoms with Crippen LogP contribution in [0.15, 0.2) is 36.4 Å². The van der Waals surface area contributed by atoms with Crippen molar-refractivity contribution in [2.24, 2.45) is 0 Å². The molecular weight excluding hydrogens is 232 g/mol. The average Bonchev–Trinajstić information content (AvgIpc) is 2.26. The minimum absolute atomic E-state index is 0.0457. The van der Waals surface area contributed by atoms with Crippen molar-refractivity contribution in [1.29, 1.82) is 0 Å². The van der Waals surface area contributed by atoms with E-state index in [1.807, 2.05) is 0 Å². The summed E-state index contributed by atoms with van der Waals surface area (Å²) in [4.78, 5) is 0. The van der Waals surface area contributed by atoms with Crippen molar-refractivity contribution >= 4 is 23.4 Å². The largest absolute Gasteiger partial charge is 0.488 e. The van der Waals surface area contributed by atoms with Gasteiger partial charge in [-0.25, -0.2) is 0 Å². The van der Waals surface area contributed by atoms with Gasteiger partial charge in [0.05, 0.1) is 5.56 Å². The molecule has 0 atom stereocenters. The van der Waals surface area contributed by atoms with E-state index in [4.69, 9.17) is 10.0 Å². The second kappa shape index (κ2) is 4.05. The maximum atomic E-state index is 12.8. The lowest BCUT2D eigenvalue weighted by Crippen LogP contribution is -2.31. The lowest BCUT2D eigenvalue weighted by Gasteiger charge is -2.12. The Balaban J connectivity index is 2.79. The molecule has 0 aromatic heterocycles. The van der Waals surface area contributed by atoms with E-state index in [2.05, 4.69) is 0 Å². The zero-order valence-corrected chi connectivity index (χ0v) is 8.57. The molecule has 0 aliphatic rings. The Morgan fingerprint density at radius 2 is 1.65 bits per heavy atom. The summed E-state index contributed by atoms with van der Waals surface area (Å²) in [5, 5.41) is 18.3. The summed E-state index contributed by atoms with van der Waals surface area (Å²) in [5.41, 5.74) is -1.03. The van der Waals surface area contributed by atoms with Gasteiger partial charge in [-0.1, -0.05) is 30.3 Å². The summed E-state index contributed by atoms with van der Waals surface area (Å²) in [7, 11) is -1.92. The second-order valence-corrected chi connectivity index (χ2v) is 3.66. The fourth-order valence-corrected chi connectivity index (χ4v) is 1.72. The van der Waals surface area contributed by atoms with E-state index in [0.717, 1.165) is 6.07 Å². The Bertz CT molecular complexity index is 552.